The summed E-state index contributed by atoms with van der Waals surface area (Å²) in [5.74, 6) is 0. The number of benzene rings is 13. The molecule has 13 aromatic carbocycles. The molecule has 0 saturated carbocycles. The molecule has 116 heavy (non-hydrogen) atoms. The molecule has 0 unspecified atom stereocenters. The highest BCUT2D eigenvalue weighted by Crippen LogP contribution is 2.55. The molecule has 0 fully saturated rings. The van der Waals surface area contributed by atoms with E-state index in [4.69, 9.17) is 0 Å². The van der Waals surface area contributed by atoms with E-state index in [9.17, 15) is 5.26 Å². The molecule has 0 N–H and O–H groups in total. The summed E-state index contributed by atoms with van der Waals surface area (Å²) in [6.45, 7) is 0. The van der Waals surface area contributed by atoms with E-state index < -0.39 is 0 Å². The van der Waals surface area contributed by atoms with E-state index in [2.05, 4.69) is 368 Å². The molecular weight excluding hydrogens is 1420 g/mol. The SMILES string of the molecule is N#Cc1ccc2c(c1)c1ccccc1n2-c1c(-n2c3ccccc3c3cc(-c4ccncc4)ccc32)c(-n2c3ccccc3c3cc(-c4ccncc4)ccc32)c(-n2c3ccccc3c3cc(-c4ccncc4)ccc32)c(-n2c3ccccc3c3cc(-c4ccncc4)ccc32)c1-n1c2ccccc2c2cc(-c3ccncc3)ccc21. The van der Waals surface area contributed by atoms with Gasteiger partial charge in [-0.25, -0.2) is 0 Å². The number of fused-ring (bicyclic) bond motifs is 18. The van der Waals surface area contributed by atoms with Gasteiger partial charge in [0.05, 0.1) is 112 Å². The molecule has 11 heterocycles. The van der Waals surface area contributed by atoms with Gasteiger partial charge in [-0.2, -0.15) is 5.26 Å². The van der Waals surface area contributed by atoms with Gasteiger partial charge in [0.15, 0.2) is 0 Å². The Morgan fingerprint density at radius 3 is 0.534 bits per heavy atom. The summed E-state index contributed by atoms with van der Waals surface area (Å²) in [5.41, 5.74) is 28.3. The Morgan fingerprint density at radius 1 is 0.164 bits per heavy atom. The number of nitriles is 1. The van der Waals surface area contributed by atoms with Crippen LogP contribution in [0, 0.1) is 11.3 Å². The predicted molar refractivity (Wildman–Crippen MR) is 473 cm³/mol. The van der Waals surface area contributed by atoms with Gasteiger partial charge in [-0.1, -0.05) is 140 Å². The van der Waals surface area contributed by atoms with Gasteiger partial charge >= 0.3 is 0 Å². The van der Waals surface area contributed by atoms with E-state index in [-0.39, 0.29) is 0 Å². The lowest BCUT2D eigenvalue weighted by molar-refractivity contribution is 0.971. The Morgan fingerprint density at radius 2 is 0.336 bits per heavy atom. The predicted octanol–water partition coefficient (Wildman–Crippen LogP) is 25.5. The van der Waals surface area contributed by atoms with Crippen molar-refractivity contribution in [1.82, 2.24) is 52.3 Å². The van der Waals surface area contributed by atoms with Crippen LogP contribution < -0.4 is 0 Å². The minimum Gasteiger partial charge on any atom is -0.305 e. The summed E-state index contributed by atoms with van der Waals surface area (Å²) >= 11 is 0. The van der Waals surface area contributed by atoms with E-state index in [0.717, 1.165) is 221 Å². The lowest BCUT2D eigenvalue weighted by Gasteiger charge is -2.32. The summed E-state index contributed by atoms with van der Waals surface area (Å²) in [5, 5.41) is 23.8. The fourth-order valence-electron chi connectivity index (χ4n) is 18.9. The summed E-state index contributed by atoms with van der Waals surface area (Å²) in [6.07, 6.45) is 18.8. The summed E-state index contributed by atoms with van der Waals surface area (Å²) in [6, 6.07) is 119. The molecule has 0 atom stereocenters. The largest absolute Gasteiger partial charge is 0.305 e. The molecule has 0 aliphatic heterocycles. The Labute approximate surface area is 663 Å². The Kier molecular flexibility index (Phi) is 14.2. The monoisotopic (exact) mass is 1480 g/mol. The number of aromatic nitrogens is 11. The molecule has 11 aromatic heterocycles. The van der Waals surface area contributed by atoms with Gasteiger partial charge in [-0.15, -0.1) is 0 Å². The van der Waals surface area contributed by atoms with Gasteiger partial charge in [0.1, 0.15) is 0 Å². The Balaban J connectivity index is 1.04. The van der Waals surface area contributed by atoms with Gasteiger partial charge in [-0.05, 0) is 232 Å². The molecule has 0 amide bonds. The zero-order valence-electron chi connectivity index (χ0n) is 62.2. The first-order valence-corrected chi connectivity index (χ1v) is 38.9. The van der Waals surface area contributed by atoms with Crippen LogP contribution in [-0.4, -0.2) is 52.3 Å². The first-order valence-electron chi connectivity index (χ1n) is 38.9. The van der Waals surface area contributed by atoms with Crippen LogP contribution in [0.2, 0.25) is 0 Å². The van der Waals surface area contributed by atoms with Crippen molar-refractivity contribution in [3.05, 3.63) is 383 Å². The van der Waals surface area contributed by atoms with Crippen LogP contribution in [0.5, 0.6) is 0 Å². The third-order valence-electron chi connectivity index (χ3n) is 23.9. The fraction of sp³-hybridized carbons (Fsp3) is 0. The summed E-state index contributed by atoms with van der Waals surface area (Å²) in [4.78, 5) is 22.6. The first kappa shape index (κ1) is 64.7. The van der Waals surface area contributed by atoms with Crippen molar-refractivity contribution in [2.24, 2.45) is 0 Å². The van der Waals surface area contributed by atoms with Crippen molar-refractivity contribution in [2.45, 2.75) is 0 Å². The molecule has 24 aromatic rings. The quantitative estimate of drug-likeness (QED) is 0.127. The van der Waals surface area contributed by atoms with Crippen LogP contribution in [0.4, 0.5) is 0 Å². The minimum absolute atomic E-state index is 0.559. The lowest BCUT2D eigenvalue weighted by Crippen LogP contribution is -2.20. The first-order chi connectivity index (χ1) is 57.6. The molecule has 12 heteroatoms. The van der Waals surface area contributed by atoms with Crippen LogP contribution in [0.15, 0.2) is 377 Å². The van der Waals surface area contributed by atoms with Crippen molar-refractivity contribution >= 4 is 131 Å². The van der Waals surface area contributed by atoms with Crippen LogP contribution in [0.25, 0.3) is 221 Å². The van der Waals surface area contributed by atoms with Gasteiger partial charge in [0.25, 0.3) is 0 Å². The molecule has 12 nitrogen and oxygen atoms in total. The fourth-order valence-corrected chi connectivity index (χ4v) is 18.9. The van der Waals surface area contributed by atoms with E-state index >= 15 is 0 Å². The van der Waals surface area contributed by atoms with Crippen molar-refractivity contribution in [3.63, 3.8) is 0 Å². The summed E-state index contributed by atoms with van der Waals surface area (Å²) < 4.78 is 15.6. The summed E-state index contributed by atoms with van der Waals surface area (Å²) in [7, 11) is 0. The van der Waals surface area contributed by atoms with Crippen molar-refractivity contribution in [1.29, 1.82) is 5.26 Å². The van der Waals surface area contributed by atoms with Gasteiger partial charge < -0.3 is 27.4 Å². The molecule has 24 rings (SSSR count). The second kappa shape index (κ2) is 25.5. The molecule has 538 valence electrons. The highest BCUT2D eigenvalue weighted by atomic mass is 15.2. The number of para-hydroxylation sites is 6. The molecule has 0 bridgehead atoms. The van der Waals surface area contributed by atoms with Gasteiger partial charge in [-0.3, -0.25) is 24.9 Å². The second-order valence-corrected chi connectivity index (χ2v) is 29.9. The zero-order valence-corrected chi connectivity index (χ0v) is 62.2. The molecular formula is C104H62N12. The second-order valence-electron chi connectivity index (χ2n) is 29.9. The third-order valence-corrected chi connectivity index (χ3v) is 23.9. The van der Waals surface area contributed by atoms with E-state index in [0.29, 0.717) is 5.56 Å². The normalized spacial score (nSPS) is 12.0. The van der Waals surface area contributed by atoms with E-state index in [1.165, 1.54) is 0 Å². The Hall–Kier alpha value is -16.1. The van der Waals surface area contributed by atoms with Crippen LogP contribution in [-0.2, 0) is 0 Å². The minimum atomic E-state index is 0.559. The van der Waals surface area contributed by atoms with Crippen molar-refractivity contribution in [3.8, 4) is 95.8 Å². The van der Waals surface area contributed by atoms with Crippen molar-refractivity contribution in [2.75, 3.05) is 0 Å². The number of hydrogen-bond donors (Lipinski definition) is 0. The maximum atomic E-state index is 11.2. The van der Waals surface area contributed by atoms with Crippen LogP contribution in [0.1, 0.15) is 5.56 Å². The standard InChI is InChI=1S/C104H62N12/c105-63-64-25-31-93-81(57-64)75-13-1-7-19-87(75)111(93)99-100(112-88-20-8-2-14-76(88)82-58-70(26-32-94(82)112)65-37-47-106-48-38-65)102(114-90-22-10-4-16-78(90)84-60-72(28-34-96(84)114)67-41-51-108-52-42-67)104(116-92-24-12-6-18-80(92)86-62-74(30-36-98(86)116)69-45-55-110-56-46-69)103(115-91-23-11-5-17-79(91)85-61-73(29-35-97(85)115)68-43-53-109-54-44-68)101(99)113-89-21-9-3-15-77(89)83-59-71(27-33-95(83)113)66-39-49-107-50-40-66/h1-62H. The highest BCUT2D eigenvalue weighted by molar-refractivity contribution is 6.21. The molecule has 0 aliphatic rings. The topological polar surface area (TPSA) is 118 Å². The molecule has 0 spiro atoms. The zero-order chi connectivity index (χ0) is 76.2. The third kappa shape index (κ3) is 9.57. The molecule has 0 aliphatic carbocycles. The highest BCUT2D eigenvalue weighted by Gasteiger charge is 2.39. The number of nitrogens with zero attached hydrogens (tertiary/aromatic N) is 12. The number of rotatable bonds is 11. The maximum absolute atomic E-state index is 11.2. The smallest absolute Gasteiger partial charge is 0.0992 e. The van der Waals surface area contributed by atoms with E-state index in [1.54, 1.807) is 0 Å². The average Bonchev–Trinajstić information content (AvgIpc) is 0.946. The number of hydrogen-bond acceptors (Lipinski definition) is 6. The van der Waals surface area contributed by atoms with Gasteiger partial charge in [0, 0.05) is 127 Å². The molecule has 0 saturated heterocycles. The van der Waals surface area contributed by atoms with Gasteiger partial charge in [0.2, 0.25) is 0 Å². The van der Waals surface area contributed by atoms with Crippen LogP contribution >= 0.6 is 0 Å². The lowest BCUT2D eigenvalue weighted by atomic mass is 10.0. The average molecular weight is 1480 g/mol. The van der Waals surface area contributed by atoms with Crippen LogP contribution in [0.3, 0.4) is 0 Å². The number of pyridine rings is 5. The van der Waals surface area contributed by atoms with Crippen molar-refractivity contribution < 1.29 is 0 Å². The Bertz CT molecular complexity index is 7930. The van der Waals surface area contributed by atoms with E-state index in [1.807, 2.05) is 68.0 Å². The maximum Gasteiger partial charge on any atom is 0.0992 e. The molecule has 0 radical (unpaired) electrons.